The lowest BCUT2D eigenvalue weighted by molar-refractivity contribution is -0.149. The van der Waals surface area contributed by atoms with E-state index in [0.29, 0.717) is 13.0 Å². The molecular weight excluding hydrogens is 256 g/mol. The lowest BCUT2D eigenvalue weighted by Crippen LogP contribution is -2.61. The Hall–Kier alpha value is -1.85. The monoisotopic (exact) mass is 278 g/mol. The van der Waals surface area contributed by atoms with E-state index in [0.717, 1.165) is 5.69 Å². The summed E-state index contributed by atoms with van der Waals surface area (Å²) in [5.74, 6) is -0.126. The summed E-state index contributed by atoms with van der Waals surface area (Å²) in [6.45, 7) is 8.12. The van der Waals surface area contributed by atoms with Crippen LogP contribution in [0.2, 0.25) is 0 Å². The number of rotatable bonds is 4. The maximum Gasteiger partial charge on any atom is 0.246 e. The summed E-state index contributed by atoms with van der Waals surface area (Å²) in [5, 5.41) is 7.19. The van der Waals surface area contributed by atoms with Crippen molar-refractivity contribution in [3.8, 4) is 0 Å². The number of piperazine rings is 1. The van der Waals surface area contributed by atoms with Crippen molar-refractivity contribution in [1.29, 1.82) is 0 Å². The molecule has 1 N–H and O–H groups in total. The number of nitrogens with one attached hydrogen (secondary N) is 1. The van der Waals surface area contributed by atoms with E-state index in [1.165, 1.54) is 0 Å². The van der Waals surface area contributed by atoms with Gasteiger partial charge in [-0.3, -0.25) is 14.3 Å². The summed E-state index contributed by atoms with van der Waals surface area (Å²) in [7, 11) is 0. The molecule has 1 saturated heterocycles. The molecule has 0 bridgehead atoms. The van der Waals surface area contributed by atoms with Gasteiger partial charge in [0.1, 0.15) is 12.1 Å². The van der Waals surface area contributed by atoms with E-state index in [2.05, 4.69) is 10.4 Å². The van der Waals surface area contributed by atoms with E-state index >= 15 is 0 Å². The van der Waals surface area contributed by atoms with Crippen molar-refractivity contribution in [1.82, 2.24) is 20.0 Å². The second kappa shape index (κ2) is 5.64. The Balaban J connectivity index is 2.16. The fourth-order valence-corrected chi connectivity index (χ4v) is 2.30. The average molecular weight is 278 g/mol. The Morgan fingerprint density at radius 1 is 1.40 bits per heavy atom. The van der Waals surface area contributed by atoms with Gasteiger partial charge < -0.3 is 10.2 Å². The van der Waals surface area contributed by atoms with Gasteiger partial charge in [0.15, 0.2) is 0 Å². The molecular formula is C14H22N4O2. The first-order valence-corrected chi connectivity index (χ1v) is 7.09. The maximum absolute atomic E-state index is 12.3. The van der Waals surface area contributed by atoms with Gasteiger partial charge in [-0.05, 0) is 33.3 Å². The second-order valence-electron chi connectivity index (χ2n) is 5.49. The van der Waals surface area contributed by atoms with Crippen LogP contribution in [0, 0.1) is 0 Å². The van der Waals surface area contributed by atoms with Gasteiger partial charge in [-0.25, -0.2) is 0 Å². The third-order valence-corrected chi connectivity index (χ3v) is 3.68. The molecule has 0 aromatic carbocycles. The first-order valence-electron chi connectivity index (χ1n) is 7.09. The van der Waals surface area contributed by atoms with E-state index in [-0.39, 0.29) is 17.9 Å². The van der Waals surface area contributed by atoms with Crippen molar-refractivity contribution in [2.75, 3.05) is 0 Å². The van der Waals surface area contributed by atoms with Crippen LogP contribution >= 0.6 is 0 Å². The molecule has 1 aliphatic rings. The van der Waals surface area contributed by atoms with E-state index in [1.54, 1.807) is 11.8 Å². The van der Waals surface area contributed by atoms with Gasteiger partial charge in [-0.2, -0.15) is 5.10 Å². The highest BCUT2D eigenvalue weighted by atomic mass is 16.2. The van der Waals surface area contributed by atoms with Crippen LogP contribution in [0.15, 0.2) is 12.3 Å². The zero-order valence-electron chi connectivity index (χ0n) is 12.5. The van der Waals surface area contributed by atoms with Gasteiger partial charge in [-0.1, -0.05) is 6.92 Å². The number of carbonyl (C=O) groups is 2. The molecule has 0 radical (unpaired) electrons. The lowest BCUT2D eigenvalue weighted by Gasteiger charge is -2.36. The number of hydrogen-bond acceptors (Lipinski definition) is 3. The van der Waals surface area contributed by atoms with Crippen molar-refractivity contribution >= 4 is 11.8 Å². The molecule has 2 unspecified atom stereocenters. The minimum atomic E-state index is -0.450. The van der Waals surface area contributed by atoms with Crippen LogP contribution in [0.25, 0.3) is 0 Å². The Morgan fingerprint density at radius 3 is 2.65 bits per heavy atom. The van der Waals surface area contributed by atoms with E-state index < -0.39 is 12.1 Å². The molecule has 1 aromatic heterocycles. The predicted molar refractivity (Wildman–Crippen MR) is 74.8 cm³/mol. The summed E-state index contributed by atoms with van der Waals surface area (Å²) in [4.78, 5) is 25.8. The predicted octanol–water partition coefficient (Wildman–Crippen LogP) is 1.09. The van der Waals surface area contributed by atoms with E-state index in [9.17, 15) is 9.59 Å². The smallest absolute Gasteiger partial charge is 0.246 e. The molecule has 6 heteroatoms. The third kappa shape index (κ3) is 2.69. The minimum Gasteiger partial charge on any atom is -0.343 e. The highest BCUT2D eigenvalue weighted by Gasteiger charge is 2.37. The van der Waals surface area contributed by atoms with Crippen LogP contribution < -0.4 is 5.32 Å². The van der Waals surface area contributed by atoms with Gasteiger partial charge in [0.2, 0.25) is 11.8 Å². The summed E-state index contributed by atoms with van der Waals surface area (Å²) in [6.07, 6.45) is 2.50. The van der Waals surface area contributed by atoms with Gasteiger partial charge in [0, 0.05) is 12.2 Å². The number of amides is 2. The number of aromatic nitrogens is 2. The zero-order valence-corrected chi connectivity index (χ0v) is 12.5. The molecule has 2 amide bonds. The summed E-state index contributed by atoms with van der Waals surface area (Å²) >= 11 is 0. The Bertz CT molecular complexity index is 509. The van der Waals surface area contributed by atoms with Gasteiger partial charge >= 0.3 is 0 Å². The average Bonchev–Trinajstić information content (AvgIpc) is 2.87. The number of carbonyl (C=O) groups excluding carboxylic acids is 2. The molecule has 0 spiro atoms. The summed E-state index contributed by atoms with van der Waals surface area (Å²) in [5.41, 5.74) is 0.809. The molecule has 0 aliphatic carbocycles. The molecule has 0 saturated carbocycles. The largest absolute Gasteiger partial charge is 0.343 e. The highest BCUT2D eigenvalue weighted by Crippen LogP contribution is 2.15. The van der Waals surface area contributed by atoms with Gasteiger partial charge in [0.05, 0.1) is 12.2 Å². The Labute approximate surface area is 119 Å². The molecule has 2 rings (SSSR count). The number of hydrogen-bond donors (Lipinski definition) is 1. The molecule has 110 valence electrons. The van der Waals surface area contributed by atoms with Gasteiger partial charge in [0.25, 0.3) is 0 Å². The third-order valence-electron chi connectivity index (χ3n) is 3.68. The van der Waals surface area contributed by atoms with Crippen molar-refractivity contribution in [2.45, 2.75) is 58.8 Å². The fraction of sp³-hybridized carbons (Fsp3) is 0.643. The van der Waals surface area contributed by atoms with Gasteiger partial charge in [-0.15, -0.1) is 0 Å². The van der Waals surface area contributed by atoms with E-state index in [1.807, 2.05) is 37.7 Å². The SMILES string of the molecule is CCC1NC(=O)C(C)N(Cc2ccn(C(C)C)n2)C1=O. The second-order valence-corrected chi connectivity index (χ2v) is 5.49. The van der Waals surface area contributed by atoms with Crippen molar-refractivity contribution in [2.24, 2.45) is 0 Å². The Morgan fingerprint density at radius 2 is 2.10 bits per heavy atom. The first kappa shape index (κ1) is 14.6. The molecule has 1 fully saturated rings. The van der Waals surface area contributed by atoms with Crippen LogP contribution in [0.4, 0.5) is 0 Å². The zero-order chi connectivity index (χ0) is 14.9. The van der Waals surface area contributed by atoms with Crippen LogP contribution in [0.3, 0.4) is 0 Å². The van der Waals surface area contributed by atoms with Crippen LogP contribution in [0.5, 0.6) is 0 Å². The Kier molecular flexibility index (Phi) is 4.11. The molecule has 1 aromatic rings. The molecule has 20 heavy (non-hydrogen) atoms. The van der Waals surface area contributed by atoms with Crippen molar-refractivity contribution in [3.63, 3.8) is 0 Å². The quantitative estimate of drug-likeness (QED) is 0.896. The normalized spacial score (nSPS) is 23.4. The van der Waals surface area contributed by atoms with Crippen molar-refractivity contribution < 1.29 is 9.59 Å². The summed E-state index contributed by atoms with van der Waals surface area (Å²) < 4.78 is 1.85. The van der Waals surface area contributed by atoms with E-state index in [4.69, 9.17) is 0 Å². The fourth-order valence-electron chi connectivity index (χ4n) is 2.30. The van der Waals surface area contributed by atoms with Crippen LogP contribution in [-0.2, 0) is 16.1 Å². The molecule has 1 aliphatic heterocycles. The first-order chi connectivity index (χ1) is 9.43. The standard InChI is InChI=1S/C14H22N4O2/c1-5-12-14(20)17(10(4)13(19)15-12)8-11-6-7-18(16-11)9(2)3/h6-7,9-10,12H,5,8H2,1-4H3,(H,15,19). The minimum absolute atomic E-state index is 0.0290. The van der Waals surface area contributed by atoms with Crippen molar-refractivity contribution in [3.05, 3.63) is 18.0 Å². The maximum atomic E-state index is 12.3. The number of nitrogens with zero attached hydrogens (tertiary/aromatic N) is 3. The lowest BCUT2D eigenvalue weighted by atomic mass is 10.1. The summed E-state index contributed by atoms with van der Waals surface area (Å²) in [6, 6.07) is 1.32. The van der Waals surface area contributed by atoms with Crippen LogP contribution in [-0.4, -0.2) is 38.6 Å². The molecule has 6 nitrogen and oxygen atoms in total. The molecule has 2 heterocycles. The molecule has 2 atom stereocenters. The van der Waals surface area contributed by atoms with Crippen LogP contribution in [0.1, 0.15) is 45.9 Å². The topological polar surface area (TPSA) is 67.2 Å². The highest BCUT2D eigenvalue weighted by molar-refractivity contribution is 5.96.